The maximum Gasteiger partial charge on any atom is 0.256 e. The first-order valence-corrected chi connectivity index (χ1v) is 11.0. The zero-order valence-corrected chi connectivity index (χ0v) is 18.7. The number of pyridine rings is 1. The van der Waals surface area contributed by atoms with E-state index in [-0.39, 0.29) is 30.6 Å². The highest BCUT2D eigenvalue weighted by atomic mass is 16.5. The largest absolute Gasteiger partial charge is 0.472 e. The fourth-order valence-electron chi connectivity index (χ4n) is 4.22. The summed E-state index contributed by atoms with van der Waals surface area (Å²) in [7, 11) is 0. The van der Waals surface area contributed by atoms with Gasteiger partial charge in [0, 0.05) is 17.8 Å². The third-order valence-electron chi connectivity index (χ3n) is 5.98. The topological polar surface area (TPSA) is 93.4 Å². The van der Waals surface area contributed by atoms with Gasteiger partial charge >= 0.3 is 0 Å². The number of ether oxygens (including phenoxy) is 1. The van der Waals surface area contributed by atoms with E-state index in [0.717, 1.165) is 18.4 Å². The number of carbonyl (C=O) groups excluding carboxylic acids is 1. The van der Waals surface area contributed by atoms with Crippen LogP contribution >= 0.6 is 0 Å². The molecule has 0 bridgehead atoms. The molecule has 0 saturated carbocycles. The average molecular weight is 436 g/mol. The van der Waals surface area contributed by atoms with Gasteiger partial charge in [-0.15, -0.1) is 0 Å². The van der Waals surface area contributed by atoms with Crippen LogP contribution in [0.15, 0.2) is 48.9 Å². The Kier molecular flexibility index (Phi) is 6.50. The van der Waals surface area contributed by atoms with E-state index in [1.807, 2.05) is 29.2 Å². The van der Waals surface area contributed by atoms with Gasteiger partial charge in [-0.3, -0.25) is 4.79 Å². The number of aliphatic hydroxyl groups is 1. The summed E-state index contributed by atoms with van der Waals surface area (Å²) >= 11 is 0. The van der Waals surface area contributed by atoms with Crippen LogP contribution in [0, 0.1) is 0 Å². The van der Waals surface area contributed by atoms with Crippen molar-refractivity contribution in [1.82, 2.24) is 24.9 Å². The minimum Gasteiger partial charge on any atom is -0.472 e. The Balaban J connectivity index is 1.57. The zero-order valence-electron chi connectivity index (χ0n) is 18.7. The maximum atomic E-state index is 13.5. The van der Waals surface area contributed by atoms with Gasteiger partial charge in [-0.2, -0.15) is 15.0 Å². The number of hydrogen-bond acceptors (Lipinski definition) is 6. The number of rotatable bonds is 6. The molecule has 2 aromatic heterocycles. The van der Waals surface area contributed by atoms with Crippen molar-refractivity contribution in [3.8, 4) is 11.6 Å². The fourth-order valence-corrected chi connectivity index (χ4v) is 4.22. The first-order chi connectivity index (χ1) is 15.5. The number of carbonyl (C=O) groups is 1. The van der Waals surface area contributed by atoms with Crippen LogP contribution < -0.4 is 4.74 Å². The highest BCUT2D eigenvalue weighted by Crippen LogP contribution is 2.29. The Hall–Kier alpha value is -3.26. The Bertz CT molecular complexity index is 1070. The first kappa shape index (κ1) is 22.0. The van der Waals surface area contributed by atoms with Crippen molar-refractivity contribution in [2.45, 2.75) is 58.3 Å². The molecule has 8 nitrogen and oxygen atoms in total. The van der Waals surface area contributed by atoms with Gasteiger partial charge in [0.2, 0.25) is 5.88 Å². The Labute approximate surface area is 187 Å². The van der Waals surface area contributed by atoms with Crippen molar-refractivity contribution in [3.63, 3.8) is 0 Å². The lowest BCUT2D eigenvalue weighted by Gasteiger charge is -2.38. The summed E-state index contributed by atoms with van der Waals surface area (Å²) < 4.78 is 6.24. The standard InChI is InChI=1S/C24H29N5O3/c1-16(2)19-10-11-25-23(21(19)15-30)32-18-9-8-17(3)28(14-18)24(31)20-6-4-5-7-22(20)29-26-12-13-27-29/h4-7,10-13,16-18,30H,8-9,14-15H2,1-3H3/t17-,18-/m1/s1. The van der Waals surface area contributed by atoms with Crippen LogP contribution in [0.25, 0.3) is 5.69 Å². The molecule has 0 radical (unpaired) electrons. The smallest absolute Gasteiger partial charge is 0.256 e. The highest BCUT2D eigenvalue weighted by molar-refractivity contribution is 5.98. The summed E-state index contributed by atoms with van der Waals surface area (Å²) in [5.74, 6) is 0.621. The second-order valence-electron chi connectivity index (χ2n) is 8.46. The molecule has 3 heterocycles. The molecule has 2 atom stereocenters. The summed E-state index contributed by atoms with van der Waals surface area (Å²) in [5, 5.41) is 18.3. The number of aromatic nitrogens is 4. The van der Waals surface area contributed by atoms with E-state index >= 15 is 0 Å². The van der Waals surface area contributed by atoms with Crippen molar-refractivity contribution >= 4 is 5.91 Å². The predicted molar refractivity (Wildman–Crippen MR) is 120 cm³/mol. The average Bonchev–Trinajstić information content (AvgIpc) is 3.34. The quantitative estimate of drug-likeness (QED) is 0.638. The van der Waals surface area contributed by atoms with E-state index in [0.29, 0.717) is 29.2 Å². The van der Waals surface area contributed by atoms with E-state index in [1.54, 1.807) is 24.7 Å². The minimum absolute atomic E-state index is 0.0771. The monoisotopic (exact) mass is 435 g/mol. The molecule has 3 aromatic rings. The molecular formula is C24H29N5O3. The number of hydrogen-bond donors (Lipinski definition) is 1. The number of likely N-dealkylation sites (tertiary alicyclic amines) is 1. The van der Waals surface area contributed by atoms with Gasteiger partial charge in [-0.25, -0.2) is 4.98 Å². The van der Waals surface area contributed by atoms with Crippen molar-refractivity contribution in [2.75, 3.05) is 6.54 Å². The van der Waals surface area contributed by atoms with Crippen molar-refractivity contribution in [1.29, 1.82) is 0 Å². The van der Waals surface area contributed by atoms with Crippen LogP contribution in [0.4, 0.5) is 0 Å². The molecule has 1 aliphatic heterocycles. The Morgan fingerprint density at radius 2 is 1.91 bits per heavy atom. The van der Waals surface area contributed by atoms with Gasteiger partial charge in [0.1, 0.15) is 6.10 Å². The molecule has 4 rings (SSSR count). The molecule has 1 aromatic carbocycles. The maximum absolute atomic E-state index is 13.5. The number of para-hydroxylation sites is 1. The van der Waals surface area contributed by atoms with Crippen LogP contribution in [0.3, 0.4) is 0 Å². The molecule has 0 spiro atoms. The number of amides is 1. The Morgan fingerprint density at radius 3 is 2.62 bits per heavy atom. The Morgan fingerprint density at radius 1 is 1.16 bits per heavy atom. The van der Waals surface area contributed by atoms with E-state index in [2.05, 4.69) is 36.0 Å². The fraction of sp³-hybridized carbons (Fsp3) is 0.417. The summed E-state index contributed by atoms with van der Waals surface area (Å²) in [6.07, 6.45) is 6.32. The van der Waals surface area contributed by atoms with Gasteiger partial charge in [0.25, 0.3) is 5.91 Å². The lowest BCUT2D eigenvalue weighted by atomic mass is 9.98. The van der Waals surface area contributed by atoms with E-state index in [4.69, 9.17) is 4.74 Å². The zero-order chi connectivity index (χ0) is 22.7. The van der Waals surface area contributed by atoms with E-state index < -0.39 is 0 Å². The number of aliphatic hydroxyl groups excluding tert-OH is 1. The van der Waals surface area contributed by atoms with Gasteiger partial charge in [0.05, 0.1) is 36.8 Å². The van der Waals surface area contributed by atoms with Crippen LogP contribution in [-0.4, -0.2) is 54.6 Å². The van der Waals surface area contributed by atoms with Crippen LogP contribution in [0.2, 0.25) is 0 Å². The molecular weight excluding hydrogens is 406 g/mol. The van der Waals surface area contributed by atoms with Crippen molar-refractivity contribution in [2.24, 2.45) is 0 Å². The summed E-state index contributed by atoms with van der Waals surface area (Å²) in [5.41, 5.74) is 2.93. The highest BCUT2D eigenvalue weighted by Gasteiger charge is 2.32. The van der Waals surface area contributed by atoms with E-state index in [9.17, 15) is 9.90 Å². The molecule has 1 fully saturated rings. The molecule has 1 amide bonds. The predicted octanol–water partition coefficient (Wildman–Crippen LogP) is 3.35. The van der Waals surface area contributed by atoms with Gasteiger partial charge < -0.3 is 14.7 Å². The van der Waals surface area contributed by atoms with Crippen molar-refractivity contribution in [3.05, 3.63) is 65.6 Å². The van der Waals surface area contributed by atoms with Gasteiger partial charge in [-0.05, 0) is 49.4 Å². The molecule has 0 aliphatic carbocycles. The molecule has 1 N–H and O–H groups in total. The van der Waals surface area contributed by atoms with Gasteiger partial charge in [0.15, 0.2) is 0 Å². The number of benzene rings is 1. The lowest BCUT2D eigenvalue weighted by molar-refractivity contribution is 0.0366. The third kappa shape index (κ3) is 4.36. The molecule has 1 saturated heterocycles. The molecule has 32 heavy (non-hydrogen) atoms. The van der Waals surface area contributed by atoms with Crippen LogP contribution in [0.1, 0.15) is 61.0 Å². The van der Waals surface area contributed by atoms with Crippen LogP contribution in [0.5, 0.6) is 5.88 Å². The second-order valence-corrected chi connectivity index (χ2v) is 8.46. The number of piperidine rings is 1. The third-order valence-corrected chi connectivity index (χ3v) is 5.98. The summed E-state index contributed by atoms with van der Waals surface area (Å²) in [6, 6.07) is 9.35. The van der Waals surface area contributed by atoms with Crippen molar-refractivity contribution < 1.29 is 14.6 Å². The number of nitrogens with zero attached hydrogens (tertiary/aromatic N) is 5. The van der Waals surface area contributed by atoms with Crippen LogP contribution in [-0.2, 0) is 6.61 Å². The van der Waals surface area contributed by atoms with E-state index in [1.165, 1.54) is 4.80 Å². The molecule has 168 valence electrons. The molecule has 1 aliphatic rings. The second kappa shape index (κ2) is 9.48. The molecule has 8 heteroatoms. The normalized spacial score (nSPS) is 18.7. The lowest BCUT2D eigenvalue weighted by Crippen LogP contribution is -2.49. The van der Waals surface area contributed by atoms with Gasteiger partial charge in [-0.1, -0.05) is 26.0 Å². The summed E-state index contributed by atoms with van der Waals surface area (Å²) in [4.78, 5) is 21.2. The minimum atomic E-state index is -0.203. The molecule has 0 unspecified atom stereocenters. The summed E-state index contributed by atoms with van der Waals surface area (Å²) in [6.45, 7) is 6.52. The SMILES string of the molecule is CC(C)c1ccnc(O[C@@H]2CC[C@@H](C)N(C(=O)c3ccccc3-n3nccn3)C2)c1CO. The first-order valence-electron chi connectivity index (χ1n) is 11.0.